The lowest BCUT2D eigenvalue weighted by molar-refractivity contribution is 0.0287. The summed E-state index contributed by atoms with van der Waals surface area (Å²) in [7, 11) is 0. The van der Waals surface area contributed by atoms with Crippen LogP contribution >= 0.6 is 15.9 Å². The van der Waals surface area contributed by atoms with Gasteiger partial charge in [-0.25, -0.2) is 4.39 Å². The van der Waals surface area contributed by atoms with E-state index in [0.29, 0.717) is 18.6 Å². The van der Waals surface area contributed by atoms with Crippen molar-refractivity contribution in [3.05, 3.63) is 34.1 Å². The molecule has 2 rings (SSSR count). The Bertz CT molecular complexity index is 339. The van der Waals surface area contributed by atoms with Crippen LogP contribution in [0.15, 0.2) is 22.7 Å². The Morgan fingerprint density at radius 3 is 3.13 bits per heavy atom. The smallest absolute Gasteiger partial charge is 0.126 e. The normalized spacial score (nSPS) is 21.6. The van der Waals surface area contributed by atoms with Gasteiger partial charge in [0.25, 0.3) is 0 Å². The summed E-state index contributed by atoms with van der Waals surface area (Å²) in [6.45, 7) is 2.39. The van der Waals surface area contributed by atoms with Crippen LogP contribution in [-0.4, -0.2) is 25.8 Å². The Kier molecular flexibility index (Phi) is 3.72. The number of morpholine rings is 1. The zero-order valence-electron chi connectivity index (χ0n) is 8.30. The Morgan fingerprint density at radius 2 is 2.40 bits per heavy atom. The van der Waals surface area contributed by atoms with Gasteiger partial charge in [-0.1, -0.05) is 15.9 Å². The molecule has 1 aromatic carbocycles. The van der Waals surface area contributed by atoms with Crippen LogP contribution in [0.2, 0.25) is 0 Å². The van der Waals surface area contributed by atoms with Gasteiger partial charge in [-0.05, 0) is 23.8 Å². The standard InChI is InChI=1S/C11H13BrFNO/c12-9-1-2-11(13)8(5-9)6-10-7-14-3-4-15-10/h1-2,5,10,14H,3-4,6-7H2. The van der Waals surface area contributed by atoms with Crippen LogP contribution in [0.4, 0.5) is 4.39 Å². The summed E-state index contributed by atoms with van der Waals surface area (Å²) in [5, 5.41) is 3.23. The largest absolute Gasteiger partial charge is 0.375 e. The van der Waals surface area contributed by atoms with E-state index in [4.69, 9.17) is 4.74 Å². The molecule has 0 spiro atoms. The maximum atomic E-state index is 13.4. The highest BCUT2D eigenvalue weighted by Crippen LogP contribution is 2.18. The fourth-order valence-electron chi connectivity index (χ4n) is 1.70. The van der Waals surface area contributed by atoms with E-state index in [1.807, 2.05) is 6.07 Å². The van der Waals surface area contributed by atoms with E-state index >= 15 is 0 Å². The summed E-state index contributed by atoms with van der Waals surface area (Å²) < 4.78 is 19.9. The van der Waals surface area contributed by atoms with Crippen LogP contribution in [-0.2, 0) is 11.2 Å². The van der Waals surface area contributed by atoms with Gasteiger partial charge in [0.1, 0.15) is 5.82 Å². The first-order valence-electron chi connectivity index (χ1n) is 5.02. The molecule has 0 saturated carbocycles. The summed E-state index contributed by atoms with van der Waals surface area (Å²) in [6, 6.07) is 5.00. The van der Waals surface area contributed by atoms with Crippen molar-refractivity contribution in [3.63, 3.8) is 0 Å². The van der Waals surface area contributed by atoms with Gasteiger partial charge in [0.2, 0.25) is 0 Å². The molecule has 0 amide bonds. The Morgan fingerprint density at radius 1 is 1.53 bits per heavy atom. The van der Waals surface area contributed by atoms with Gasteiger partial charge in [0.05, 0.1) is 12.7 Å². The molecule has 1 atom stereocenters. The molecular weight excluding hydrogens is 261 g/mol. The molecule has 1 unspecified atom stereocenters. The molecule has 0 bridgehead atoms. The fraction of sp³-hybridized carbons (Fsp3) is 0.455. The number of nitrogens with one attached hydrogen (secondary N) is 1. The number of hydrogen-bond donors (Lipinski definition) is 1. The van der Waals surface area contributed by atoms with Crippen LogP contribution < -0.4 is 5.32 Å². The van der Waals surface area contributed by atoms with E-state index in [-0.39, 0.29) is 11.9 Å². The molecular formula is C11H13BrFNO. The summed E-state index contributed by atoms with van der Waals surface area (Å²) in [4.78, 5) is 0. The van der Waals surface area contributed by atoms with Crippen LogP contribution in [0.25, 0.3) is 0 Å². The Balaban J connectivity index is 2.05. The highest BCUT2D eigenvalue weighted by Gasteiger charge is 2.15. The van der Waals surface area contributed by atoms with Gasteiger partial charge in [0, 0.05) is 24.0 Å². The first-order chi connectivity index (χ1) is 7.25. The third-order valence-corrected chi connectivity index (χ3v) is 2.95. The lowest BCUT2D eigenvalue weighted by atomic mass is 10.1. The lowest BCUT2D eigenvalue weighted by Crippen LogP contribution is -2.39. The molecule has 0 aliphatic carbocycles. The van der Waals surface area contributed by atoms with Crippen molar-refractivity contribution in [2.45, 2.75) is 12.5 Å². The zero-order chi connectivity index (χ0) is 10.7. The van der Waals surface area contributed by atoms with E-state index in [1.165, 1.54) is 6.07 Å². The number of hydrogen-bond acceptors (Lipinski definition) is 2. The maximum Gasteiger partial charge on any atom is 0.126 e. The first-order valence-corrected chi connectivity index (χ1v) is 5.81. The molecule has 15 heavy (non-hydrogen) atoms. The topological polar surface area (TPSA) is 21.3 Å². The Hall–Kier alpha value is -0.450. The van der Waals surface area contributed by atoms with Crippen molar-refractivity contribution in [2.75, 3.05) is 19.7 Å². The van der Waals surface area contributed by atoms with E-state index in [9.17, 15) is 4.39 Å². The minimum Gasteiger partial charge on any atom is -0.375 e. The lowest BCUT2D eigenvalue weighted by Gasteiger charge is -2.23. The first kappa shape index (κ1) is 11.0. The van der Waals surface area contributed by atoms with Crippen LogP contribution in [0.3, 0.4) is 0 Å². The highest BCUT2D eigenvalue weighted by molar-refractivity contribution is 9.10. The molecule has 2 nitrogen and oxygen atoms in total. The maximum absolute atomic E-state index is 13.4. The van der Waals surface area contributed by atoms with E-state index < -0.39 is 0 Å². The molecule has 0 radical (unpaired) electrons. The van der Waals surface area contributed by atoms with E-state index in [1.54, 1.807) is 6.07 Å². The summed E-state index contributed by atoms with van der Waals surface area (Å²) in [6.07, 6.45) is 0.709. The number of halogens is 2. The van der Waals surface area contributed by atoms with Crippen molar-refractivity contribution in [1.29, 1.82) is 0 Å². The number of benzene rings is 1. The number of ether oxygens (including phenoxy) is 1. The average Bonchev–Trinajstić information content (AvgIpc) is 2.25. The van der Waals surface area contributed by atoms with Gasteiger partial charge in [-0.3, -0.25) is 0 Å². The van der Waals surface area contributed by atoms with Crippen LogP contribution in [0.1, 0.15) is 5.56 Å². The van der Waals surface area contributed by atoms with Gasteiger partial charge >= 0.3 is 0 Å². The summed E-state index contributed by atoms with van der Waals surface area (Å²) in [5.74, 6) is -0.160. The van der Waals surface area contributed by atoms with Crippen molar-refractivity contribution < 1.29 is 9.13 Å². The van der Waals surface area contributed by atoms with Crippen molar-refractivity contribution >= 4 is 15.9 Å². The average molecular weight is 274 g/mol. The molecule has 1 aromatic rings. The SMILES string of the molecule is Fc1ccc(Br)cc1CC1CNCCO1. The third kappa shape index (κ3) is 3.00. The van der Waals surface area contributed by atoms with Crippen LogP contribution in [0.5, 0.6) is 0 Å². The summed E-state index contributed by atoms with van der Waals surface area (Å²) in [5.41, 5.74) is 0.707. The van der Waals surface area contributed by atoms with Crippen molar-refractivity contribution in [3.8, 4) is 0 Å². The summed E-state index contributed by atoms with van der Waals surface area (Å²) >= 11 is 3.34. The molecule has 1 saturated heterocycles. The second-order valence-corrected chi connectivity index (χ2v) is 4.55. The predicted molar refractivity (Wildman–Crippen MR) is 60.4 cm³/mol. The van der Waals surface area contributed by atoms with Gasteiger partial charge in [-0.15, -0.1) is 0 Å². The molecule has 1 aliphatic rings. The molecule has 1 N–H and O–H groups in total. The molecule has 1 aliphatic heterocycles. The monoisotopic (exact) mass is 273 g/mol. The van der Waals surface area contributed by atoms with Crippen molar-refractivity contribution in [2.24, 2.45) is 0 Å². The quantitative estimate of drug-likeness (QED) is 0.892. The fourth-order valence-corrected chi connectivity index (χ4v) is 2.10. The van der Waals surface area contributed by atoms with Gasteiger partial charge < -0.3 is 10.1 Å². The van der Waals surface area contributed by atoms with E-state index in [0.717, 1.165) is 17.6 Å². The molecule has 1 fully saturated rings. The van der Waals surface area contributed by atoms with Crippen LogP contribution in [0, 0.1) is 5.82 Å². The van der Waals surface area contributed by atoms with E-state index in [2.05, 4.69) is 21.2 Å². The molecule has 4 heteroatoms. The molecule has 82 valence electrons. The second kappa shape index (κ2) is 5.05. The molecule has 0 aromatic heterocycles. The van der Waals surface area contributed by atoms with Gasteiger partial charge in [0.15, 0.2) is 0 Å². The highest BCUT2D eigenvalue weighted by atomic mass is 79.9. The predicted octanol–water partition coefficient (Wildman–Crippen LogP) is 2.12. The zero-order valence-corrected chi connectivity index (χ0v) is 9.89. The molecule has 1 heterocycles. The van der Waals surface area contributed by atoms with Crippen molar-refractivity contribution in [1.82, 2.24) is 5.32 Å². The van der Waals surface area contributed by atoms with Gasteiger partial charge in [-0.2, -0.15) is 0 Å². The minimum absolute atomic E-state index is 0.0857. The second-order valence-electron chi connectivity index (χ2n) is 3.64. The Labute approximate surface area is 96.9 Å². The third-order valence-electron chi connectivity index (χ3n) is 2.46. The number of rotatable bonds is 2. The minimum atomic E-state index is -0.160.